The fourth-order valence-electron chi connectivity index (χ4n) is 5.52. The van der Waals surface area contributed by atoms with Crippen LogP contribution in [0.25, 0.3) is 5.70 Å². The van der Waals surface area contributed by atoms with Crippen LogP contribution in [-0.4, -0.2) is 67.3 Å². The molecule has 0 spiro atoms. The lowest BCUT2D eigenvalue weighted by molar-refractivity contribution is 0.103. The predicted molar refractivity (Wildman–Crippen MR) is 136 cm³/mol. The van der Waals surface area contributed by atoms with Gasteiger partial charge in [-0.15, -0.1) is 0 Å². The smallest absolute Gasteiger partial charge is 0.333 e. The number of benzene rings is 2. The Kier molecular flexibility index (Phi) is 6.00. The Morgan fingerprint density at radius 2 is 1.92 bits per heavy atom. The first-order valence-electron chi connectivity index (χ1n) is 12.5. The number of azo groups is 1. The molecule has 1 aliphatic carbocycles. The van der Waals surface area contributed by atoms with Gasteiger partial charge in [-0.05, 0) is 36.6 Å². The van der Waals surface area contributed by atoms with Crippen LogP contribution in [0.5, 0.6) is 0 Å². The van der Waals surface area contributed by atoms with Crippen molar-refractivity contribution in [2.75, 3.05) is 49.5 Å². The predicted octanol–water partition coefficient (Wildman–Crippen LogP) is 2.70. The van der Waals surface area contributed by atoms with E-state index in [2.05, 4.69) is 43.3 Å². The molecule has 2 saturated heterocycles. The number of rotatable bonds is 5. The minimum absolute atomic E-state index is 0.0145. The summed E-state index contributed by atoms with van der Waals surface area (Å²) in [6.07, 6.45) is 1.74. The van der Waals surface area contributed by atoms with Gasteiger partial charge in [-0.1, -0.05) is 24.3 Å². The second kappa shape index (κ2) is 9.45. The molecule has 10 nitrogen and oxygen atoms in total. The summed E-state index contributed by atoms with van der Waals surface area (Å²) in [5.74, 6) is -0.161. The lowest BCUT2D eigenvalue weighted by atomic mass is 10.0. The van der Waals surface area contributed by atoms with Crippen molar-refractivity contribution in [1.29, 1.82) is 0 Å². The fourth-order valence-corrected chi connectivity index (χ4v) is 5.52. The van der Waals surface area contributed by atoms with Crippen molar-refractivity contribution in [3.8, 4) is 0 Å². The van der Waals surface area contributed by atoms with Crippen molar-refractivity contribution >= 4 is 28.9 Å². The van der Waals surface area contributed by atoms with Gasteiger partial charge in [-0.25, -0.2) is 9.80 Å². The summed E-state index contributed by atoms with van der Waals surface area (Å²) in [4.78, 5) is 28.7. The second-order valence-electron chi connectivity index (χ2n) is 9.50. The minimum Gasteiger partial charge on any atom is -0.395 e. The molecule has 0 bridgehead atoms. The lowest BCUT2D eigenvalue weighted by Crippen LogP contribution is -2.48. The SMILES string of the molecule is O=C(Nc1cccc2c1C(=O)C1=C(c3ccc(N4CCNCC4)cc3)N=NC12)NN1CCC[C@@H]1CO. The number of hydrazine groups is 1. The van der Waals surface area contributed by atoms with Gasteiger partial charge in [0.05, 0.1) is 29.5 Å². The van der Waals surface area contributed by atoms with E-state index < -0.39 is 12.1 Å². The van der Waals surface area contributed by atoms with Crippen molar-refractivity contribution in [2.45, 2.75) is 24.9 Å². The number of fused-ring (bicyclic) bond motifs is 3. The lowest BCUT2D eigenvalue weighted by Gasteiger charge is -2.29. The molecule has 4 N–H and O–H groups in total. The number of urea groups is 1. The number of piperazine rings is 1. The number of hydrogen-bond acceptors (Lipinski definition) is 8. The molecular formula is C26H29N7O3. The maximum atomic E-state index is 13.6. The zero-order valence-corrected chi connectivity index (χ0v) is 19.9. The zero-order chi connectivity index (χ0) is 24.6. The van der Waals surface area contributed by atoms with Crippen molar-refractivity contribution in [2.24, 2.45) is 10.2 Å². The topological polar surface area (TPSA) is 122 Å². The van der Waals surface area contributed by atoms with Crippen molar-refractivity contribution < 1.29 is 14.7 Å². The monoisotopic (exact) mass is 487 g/mol. The first kappa shape index (κ1) is 22.8. The van der Waals surface area contributed by atoms with E-state index in [4.69, 9.17) is 0 Å². The number of hydrogen-bond donors (Lipinski definition) is 4. The molecule has 6 rings (SSSR count). The summed E-state index contributed by atoms with van der Waals surface area (Å²) in [5.41, 5.74) is 7.60. The van der Waals surface area contributed by atoms with E-state index in [1.807, 2.05) is 24.3 Å². The molecule has 0 saturated carbocycles. The summed E-state index contributed by atoms with van der Waals surface area (Å²) in [5, 5.41) is 26.3. The molecule has 2 atom stereocenters. The largest absolute Gasteiger partial charge is 0.395 e. The number of carbonyl (C=O) groups excluding carboxylic acids is 2. The number of aliphatic hydroxyl groups excluding tert-OH is 1. The van der Waals surface area contributed by atoms with Crippen LogP contribution in [0, 0.1) is 0 Å². The number of nitrogens with zero attached hydrogens (tertiary/aromatic N) is 4. The van der Waals surface area contributed by atoms with Crippen LogP contribution in [0.3, 0.4) is 0 Å². The van der Waals surface area contributed by atoms with E-state index in [9.17, 15) is 14.7 Å². The number of carbonyl (C=O) groups is 2. The molecule has 3 aliphatic heterocycles. The molecule has 0 radical (unpaired) electrons. The van der Waals surface area contributed by atoms with Gasteiger partial charge in [0.1, 0.15) is 11.7 Å². The molecule has 4 aliphatic rings. The van der Waals surface area contributed by atoms with Gasteiger partial charge >= 0.3 is 6.03 Å². The third kappa shape index (κ3) is 3.97. The van der Waals surface area contributed by atoms with Crippen LogP contribution in [0.1, 0.15) is 40.4 Å². The maximum Gasteiger partial charge on any atom is 0.333 e. The molecule has 0 aromatic heterocycles. The molecule has 2 aromatic rings. The number of anilines is 2. The summed E-state index contributed by atoms with van der Waals surface area (Å²) in [7, 11) is 0. The highest BCUT2D eigenvalue weighted by molar-refractivity contribution is 6.22. The average Bonchev–Trinajstić information content (AvgIpc) is 3.61. The number of aliphatic hydroxyl groups is 1. The van der Waals surface area contributed by atoms with E-state index in [0.717, 1.165) is 55.8 Å². The van der Waals surface area contributed by atoms with Crippen LogP contribution in [-0.2, 0) is 0 Å². The third-order valence-corrected chi connectivity index (χ3v) is 7.37. The second-order valence-corrected chi connectivity index (χ2v) is 9.50. The molecule has 186 valence electrons. The zero-order valence-electron chi connectivity index (χ0n) is 19.9. The molecule has 10 heteroatoms. The Morgan fingerprint density at radius 3 is 2.69 bits per heavy atom. The van der Waals surface area contributed by atoms with Crippen LogP contribution in [0.2, 0.25) is 0 Å². The molecule has 3 heterocycles. The van der Waals surface area contributed by atoms with E-state index in [0.29, 0.717) is 29.1 Å². The molecule has 2 fully saturated rings. The van der Waals surface area contributed by atoms with Gasteiger partial charge < -0.3 is 20.6 Å². The first-order valence-corrected chi connectivity index (χ1v) is 12.5. The summed E-state index contributed by atoms with van der Waals surface area (Å²) in [6, 6.07) is 12.5. The number of amides is 2. The molecule has 36 heavy (non-hydrogen) atoms. The number of Topliss-reactive ketones (excluding diaryl/α,β-unsaturated/α-hetero) is 1. The summed E-state index contributed by atoms with van der Waals surface area (Å²) in [6.45, 7) is 4.52. The highest BCUT2D eigenvalue weighted by Crippen LogP contribution is 2.49. The average molecular weight is 488 g/mol. The van der Waals surface area contributed by atoms with Gasteiger partial charge in [0.15, 0.2) is 5.78 Å². The van der Waals surface area contributed by atoms with Crippen LogP contribution >= 0.6 is 0 Å². The number of ketones is 1. The molecule has 2 aromatic carbocycles. The third-order valence-electron chi connectivity index (χ3n) is 7.37. The van der Waals surface area contributed by atoms with E-state index in [-0.39, 0.29) is 18.4 Å². The Hall–Kier alpha value is -3.60. The van der Waals surface area contributed by atoms with E-state index in [1.165, 1.54) is 0 Å². The Balaban J connectivity index is 1.24. The highest BCUT2D eigenvalue weighted by atomic mass is 16.3. The normalized spacial score (nSPS) is 23.2. The Morgan fingerprint density at radius 1 is 1.11 bits per heavy atom. The van der Waals surface area contributed by atoms with Gasteiger partial charge in [0.25, 0.3) is 0 Å². The van der Waals surface area contributed by atoms with Crippen LogP contribution < -0.4 is 21.0 Å². The van der Waals surface area contributed by atoms with E-state index in [1.54, 1.807) is 11.1 Å². The summed E-state index contributed by atoms with van der Waals surface area (Å²) < 4.78 is 0. The maximum absolute atomic E-state index is 13.6. The fraction of sp³-hybridized carbons (Fsp3) is 0.385. The van der Waals surface area contributed by atoms with E-state index >= 15 is 0 Å². The Bertz CT molecular complexity index is 1250. The van der Waals surface area contributed by atoms with Crippen molar-refractivity contribution in [1.82, 2.24) is 15.8 Å². The van der Waals surface area contributed by atoms with Gasteiger partial charge in [-0.2, -0.15) is 10.2 Å². The van der Waals surface area contributed by atoms with Crippen molar-refractivity contribution in [3.63, 3.8) is 0 Å². The van der Waals surface area contributed by atoms with Gasteiger partial charge in [0, 0.05) is 44.0 Å². The van der Waals surface area contributed by atoms with Crippen LogP contribution in [0.4, 0.5) is 16.2 Å². The Labute approximate surface area is 209 Å². The highest BCUT2D eigenvalue weighted by Gasteiger charge is 2.42. The number of nitrogens with one attached hydrogen (secondary N) is 3. The standard InChI is InChI=1S/C26H29N7O3/c34-15-18-3-2-12-33(18)31-26(36)28-20-5-1-4-19-21(20)25(35)22-23(29-30-24(19)22)16-6-8-17(9-7-16)32-13-10-27-11-14-32/h1,4-9,18,24,27,34H,2-3,10-15H2,(H2,28,31,36)/t18-,24?/m1/s1. The van der Waals surface area contributed by atoms with Crippen LogP contribution in [0.15, 0.2) is 58.3 Å². The van der Waals surface area contributed by atoms with Crippen molar-refractivity contribution in [3.05, 3.63) is 64.7 Å². The van der Waals surface area contributed by atoms with Gasteiger partial charge in [-0.3, -0.25) is 10.2 Å². The first-order chi connectivity index (χ1) is 17.6. The summed E-state index contributed by atoms with van der Waals surface area (Å²) >= 11 is 0. The molecule has 1 unspecified atom stereocenters. The molecule has 2 amide bonds. The quantitative estimate of drug-likeness (QED) is 0.515. The minimum atomic E-state index is -0.461. The van der Waals surface area contributed by atoms with Gasteiger partial charge in [0.2, 0.25) is 0 Å². The molecular weight excluding hydrogens is 458 g/mol.